The second kappa shape index (κ2) is 9.43. The second-order valence-corrected chi connectivity index (χ2v) is 6.30. The molecule has 0 fully saturated rings. The zero-order valence-electron chi connectivity index (χ0n) is 11.4. The van der Waals surface area contributed by atoms with Gasteiger partial charge >= 0.3 is 0 Å². The summed E-state index contributed by atoms with van der Waals surface area (Å²) in [6.45, 7) is 2.25. The van der Waals surface area contributed by atoms with E-state index in [-0.39, 0.29) is 0 Å². The summed E-state index contributed by atoms with van der Waals surface area (Å²) in [5.74, 6) is 0.355. The Morgan fingerprint density at radius 3 is 2.33 bits per heavy atom. The van der Waals surface area contributed by atoms with Gasteiger partial charge in [-0.3, -0.25) is 0 Å². The first-order chi connectivity index (χ1) is 8.72. The van der Waals surface area contributed by atoms with Crippen molar-refractivity contribution in [2.45, 2.75) is 63.1 Å². The molecule has 18 heavy (non-hydrogen) atoms. The van der Waals surface area contributed by atoms with E-state index in [1.165, 1.54) is 50.5 Å². The van der Waals surface area contributed by atoms with Gasteiger partial charge in [-0.25, -0.2) is 0 Å². The normalized spacial score (nSPS) is 12.6. The Balaban J connectivity index is 2.07. The van der Waals surface area contributed by atoms with E-state index in [4.69, 9.17) is 0 Å². The number of aromatic hydroxyl groups is 1. The van der Waals surface area contributed by atoms with E-state index >= 15 is 0 Å². The van der Waals surface area contributed by atoms with Gasteiger partial charge in [0.2, 0.25) is 0 Å². The van der Waals surface area contributed by atoms with Crippen molar-refractivity contribution >= 4 is 15.9 Å². The highest BCUT2D eigenvalue weighted by Crippen LogP contribution is 2.19. The molecule has 0 aliphatic heterocycles. The lowest BCUT2D eigenvalue weighted by molar-refractivity contribution is 0.475. The molecule has 0 amide bonds. The van der Waals surface area contributed by atoms with Gasteiger partial charge in [-0.1, -0.05) is 60.7 Å². The average Bonchev–Trinajstić information content (AvgIpc) is 2.37. The van der Waals surface area contributed by atoms with E-state index in [2.05, 4.69) is 22.9 Å². The molecule has 1 N–H and O–H groups in total. The Kier molecular flexibility index (Phi) is 8.15. The number of benzene rings is 1. The number of halogens is 1. The highest BCUT2D eigenvalue weighted by molar-refractivity contribution is 9.09. The first kappa shape index (κ1) is 15.6. The van der Waals surface area contributed by atoms with Crippen molar-refractivity contribution in [3.8, 4) is 5.75 Å². The van der Waals surface area contributed by atoms with Crippen LogP contribution >= 0.6 is 15.9 Å². The van der Waals surface area contributed by atoms with Crippen LogP contribution in [0.3, 0.4) is 0 Å². The summed E-state index contributed by atoms with van der Waals surface area (Å²) in [7, 11) is 0. The van der Waals surface area contributed by atoms with Gasteiger partial charge in [0.25, 0.3) is 0 Å². The lowest BCUT2D eigenvalue weighted by Gasteiger charge is -2.09. The van der Waals surface area contributed by atoms with Crippen LogP contribution in [0.1, 0.15) is 57.4 Å². The summed E-state index contributed by atoms with van der Waals surface area (Å²) in [6, 6.07) is 7.57. The van der Waals surface area contributed by atoms with Gasteiger partial charge in [-0.15, -0.1) is 0 Å². The van der Waals surface area contributed by atoms with Gasteiger partial charge in [0.1, 0.15) is 5.75 Å². The highest BCUT2D eigenvalue weighted by atomic mass is 79.9. The summed E-state index contributed by atoms with van der Waals surface area (Å²) >= 11 is 3.78. The maximum atomic E-state index is 9.20. The van der Waals surface area contributed by atoms with Crippen LogP contribution < -0.4 is 0 Å². The van der Waals surface area contributed by atoms with E-state index < -0.39 is 0 Å². The fourth-order valence-corrected chi connectivity index (χ4v) is 2.77. The first-order valence-electron chi connectivity index (χ1n) is 7.14. The third kappa shape index (κ3) is 7.05. The van der Waals surface area contributed by atoms with Crippen molar-refractivity contribution in [1.82, 2.24) is 0 Å². The zero-order chi connectivity index (χ0) is 13.2. The van der Waals surface area contributed by atoms with Gasteiger partial charge in [0, 0.05) is 4.83 Å². The van der Waals surface area contributed by atoms with Gasteiger partial charge in [-0.05, 0) is 43.4 Å². The summed E-state index contributed by atoms with van der Waals surface area (Å²) < 4.78 is 0. The Labute approximate surface area is 120 Å². The van der Waals surface area contributed by atoms with Crippen LogP contribution in [0.5, 0.6) is 5.75 Å². The molecule has 1 aromatic carbocycles. The zero-order valence-corrected chi connectivity index (χ0v) is 13.0. The number of hydrogen-bond acceptors (Lipinski definition) is 1. The predicted molar refractivity (Wildman–Crippen MR) is 82.5 cm³/mol. The van der Waals surface area contributed by atoms with Gasteiger partial charge < -0.3 is 5.11 Å². The maximum absolute atomic E-state index is 9.20. The molecule has 0 radical (unpaired) electrons. The van der Waals surface area contributed by atoms with E-state index in [1.807, 2.05) is 12.1 Å². The number of rotatable bonds is 9. The number of aryl methyl sites for hydroxylation is 1. The molecule has 1 rings (SSSR count). The molecular weight excluding hydrogens is 288 g/mol. The average molecular weight is 313 g/mol. The number of hydrogen-bond donors (Lipinski definition) is 1. The minimum absolute atomic E-state index is 0.355. The summed E-state index contributed by atoms with van der Waals surface area (Å²) in [4.78, 5) is 0.673. The number of alkyl halides is 1. The summed E-state index contributed by atoms with van der Waals surface area (Å²) in [5.41, 5.74) is 1.32. The molecule has 0 aromatic heterocycles. The van der Waals surface area contributed by atoms with E-state index in [1.54, 1.807) is 12.1 Å². The van der Waals surface area contributed by atoms with Gasteiger partial charge in [0.15, 0.2) is 0 Å². The minimum atomic E-state index is 0.355. The molecule has 0 saturated heterocycles. The van der Waals surface area contributed by atoms with E-state index in [9.17, 15) is 5.11 Å². The van der Waals surface area contributed by atoms with Crippen molar-refractivity contribution in [1.29, 1.82) is 0 Å². The molecule has 0 bridgehead atoms. The van der Waals surface area contributed by atoms with Gasteiger partial charge in [0.05, 0.1) is 0 Å². The molecule has 0 heterocycles. The lowest BCUT2D eigenvalue weighted by atomic mass is 10.0. The largest absolute Gasteiger partial charge is 0.508 e. The molecule has 102 valence electrons. The first-order valence-corrected chi connectivity index (χ1v) is 8.06. The lowest BCUT2D eigenvalue weighted by Crippen LogP contribution is -1.99. The molecule has 1 aromatic rings. The fraction of sp³-hybridized carbons (Fsp3) is 0.625. The molecule has 0 aliphatic carbocycles. The van der Waals surface area contributed by atoms with Crippen LogP contribution in [0.25, 0.3) is 0 Å². The molecule has 2 heteroatoms. The number of phenols is 1. The smallest absolute Gasteiger partial charge is 0.115 e. The molecule has 1 atom stereocenters. The fourth-order valence-electron chi connectivity index (χ4n) is 2.13. The quantitative estimate of drug-likeness (QED) is 0.475. The topological polar surface area (TPSA) is 20.2 Å². The predicted octanol–water partition coefficient (Wildman–Crippen LogP) is 5.45. The van der Waals surface area contributed by atoms with Crippen LogP contribution in [-0.2, 0) is 6.42 Å². The van der Waals surface area contributed by atoms with Crippen LogP contribution in [0.2, 0.25) is 0 Å². The third-order valence-corrected chi connectivity index (χ3v) is 4.21. The van der Waals surface area contributed by atoms with Crippen LogP contribution in [-0.4, -0.2) is 9.93 Å². The molecule has 1 nitrogen and oxygen atoms in total. The van der Waals surface area contributed by atoms with E-state index in [0.29, 0.717) is 10.6 Å². The monoisotopic (exact) mass is 312 g/mol. The summed E-state index contributed by atoms with van der Waals surface area (Å²) in [6.07, 6.45) is 10.3. The third-order valence-electron chi connectivity index (χ3n) is 3.29. The number of phenolic OH excluding ortho intramolecular Hbond substituents is 1. The Hall–Kier alpha value is -0.500. The van der Waals surface area contributed by atoms with Crippen molar-refractivity contribution in [2.75, 3.05) is 0 Å². The van der Waals surface area contributed by atoms with E-state index in [0.717, 1.165) is 6.42 Å². The highest BCUT2D eigenvalue weighted by Gasteiger charge is 2.04. The standard InChI is InChI=1S/C16H25BrO/c1-2-3-4-5-8-15(17)9-6-7-14-10-12-16(18)13-11-14/h10-13,15,18H,2-9H2,1H3. The Morgan fingerprint density at radius 1 is 1.00 bits per heavy atom. The van der Waals surface area contributed by atoms with Crippen molar-refractivity contribution in [3.05, 3.63) is 29.8 Å². The Bertz CT molecular complexity index is 307. The van der Waals surface area contributed by atoms with Crippen LogP contribution in [0.4, 0.5) is 0 Å². The molecule has 0 spiro atoms. The van der Waals surface area contributed by atoms with Crippen molar-refractivity contribution < 1.29 is 5.11 Å². The molecule has 0 aliphatic rings. The maximum Gasteiger partial charge on any atom is 0.115 e. The van der Waals surface area contributed by atoms with Gasteiger partial charge in [-0.2, -0.15) is 0 Å². The number of unbranched alkanes of at least 4 members (excludes halogenated alkanes) is 3. The minimum Gasteiger partial charge on any atom is -0.508 e. The molecular formula is C16H25BrO. The van der Waals surface area contributed by atoms with Crippen molar-refractivity contribution in [3.63, 3.8) is 0 Å². The van der Waals surface area contributed by atoms with Crippen LogP contribution in [0.15, 0.2) is 24.3 Å². The SMILES string of the molecule is CCCCCCC(Br)CCCc1ccc(O)cc1. The van der Waals surface area contributed by atoms with Crippen LogP contribution in [0, 0.1) is 0 Å². The second-order valence-electron chi connectivity index (χ2n) is 5.01. The molecule has 0 saturated carbocycles. The molecule has 1 unspecified atom stereocenters. The summed E-state index contributed by atoms with van der Waals surface area (Å²) in [5, 5.41) is 9.20. The van der Waals surface area contributed by atoms with Crippen molar-refractivity contribution in [2.24, 2.45) is 0 Å². The Morgan fingerprint density at radius 2 is 1.67 bits per heavy atom.